The average Bonchev–Trinajstić information content (AvgIpc) is 3.66. The number of hydrogen-bond donors (Lipinski definition) is 6. The van der Waals surface area contributed by atoms with E-state index in [1.165, 1.54) is 4.90 Å². The third kappa shape index (κ3) is 7.33. The van der Waals surface area contributed by atoms with Gasteiger partial charge in [-0.3, -0.25) is 28.5 Å². The van der Waals surface area contributed by atoms with Gasteiger partial charge in [0.25, 0.3) is 5.56 Å². The number of rotatable bonds is 12. The van der Waals surface area contributed by atoms with Crippen LogP contribution in [0.4, 0.5) is 0 Å². The fourth-order valence-corrected chi connectivity index (χ4v) is 5.72. The molecule has 2 aromatic heterocycles. The number of carbonyl (C=O) groups excluding carboxylic acids is 4. The van der Waals surface area contributed by atoms with E-state index in [0.717, 1.165) is 21.0 Å². The molecule has 14 nitrogen and oxygen atoms in total. The van der Waals surface area contributed by atoms with E-state index in [-0.39, 0.29) is 43.8 Å². The molecule has 0 spiro atoms. The number of nitrogens with zero attached hydrogens (tertiary/aromatic N) is 2. The molecule has 0 aliphatic carbocycles. The maximum absolute atomic E-state index is 13.4. The van der Waals surface area contributed by atoms with Crippen molar-refractivity contribution < 1.29 is 19.2 Å². The van der Waals surface area contributed by atoms with E-state index < -0.39 is 53.6 Å². The molecule has 1 unspecified atom stereocenters. The maximum Gasteiger partial charge on any atom is 0.329 e. The summed E-state index contributed by atoms with van der Waals surface area (Å²) in [4.78, 5) is 83.2. The van der Waals surface area contributed by atoms with Gasteiger partial charge in [0.1, 0.15) is 13.1 Å². The second-order valence-electron chi connectivity index (χ2n) is 11.2. The summed E-state index contributed by atoms with van der Waals surface area (Å²) in [5, 5.41) is 10.1. The van der Waals surface area contributed by atoms with E-state index in [2.05, 4.69) is 31.8 Å². The summed E-state index contributed by atoms with van der Waals surface area (Å²) in [5.41, 5.74) is 6.19. The van der Waals surface area contributed by atoms with Gasteiger partial charge in [-0.1, -0.05) is 36.3 Å². The lowest BCUT2D eigenvalue weighted by Gasteiger charge is -2.24. The summed E-state index contributed by atoms with van der Waals surface area (Å²) in [6.07, 6.45) is 7.62. The highest BCUT2D eigenvalue weighted by Crippen LogP contribution is 2.20. The van der Waals surface area contributed by atoms with Gasteiger partial charge < -0.3 is 36.6 Å². The molecule has 2 aromatic carbocycles. The molecule has 5 rings (SSSR count). The van der Waals surface area contributed by atoms with Crippen LogP contribution >= 0.6 is 0 Å². The first-order valence-corrected chi connectivity index (χ1v) is 14.7. The molecule has 1 aliphatic heterocycles. The van der Waals surface area contributed by atoms with Crippen LogP contribution in [0.2, 0.25) is 0 Å². The number of fused-ring (bicyclic) bond motifs is 2. The van der Waals surface area contributed by atoms with Crippen molar-refractivity contribution in [3.8, 4) is 12.3 Å². The van der Waals surface area contributed by atoms with Crippen LogP contribution in [-0.4, -0.2) is 80.8 Å². The van der Waals surface area contributed by atoms with Gasteiger partial charge in [-0.25, -0.2) is 4.79 Å². The Morgan fingerprint density at radius 1 is 1.07 bits per heavy atom. The zero-order chi connectivity index (χ0) is 32.8. The van der Waals surface area contributed by atoms with E-state index in [0.29, 0.717) is 11.9 Å². The highest BCUT2D eigenvalue weighted by molar-refractivity contribution is 5.87. The predicted octanol–water partition coefficient (Wildman–Crippen LogP) is -0.917. The predicted molar refractivity (Wildman–Crippen MR) is 170 cm³/mol. The summed E-state index contributed by atoms with van der Waals surface area (Å²) >= 11 is 0. The summed E-state index contributed by atoms with van der Waals surface area (Å²) in [6.45, 7) is -0.675. The SMILES string of the molecule is C#CCN(CC(N)=O)C(=O)C[C@@H](Cc1c[nH]c2ccccc12)NC(=O)[C@H]1CC(NC(=O)Cn2c(=O)[nH]c3ccccc3c2=O)CN1. The molecule has 238 valence electrons. The topological polar surface area (TPSA) is 204 Å². The molecular weight excluding hydrogens is 592 g/mol. The first kappa shape index (κ1) is 31.7. The zero-order valence-corrected chi connectivity index (χ0v) is 24.9. The maximum atomic E-state index is 13.4. The van der Waals surface area contributed by atoms with Gasteiger partial charge in [0, 0.05) is 42.1 Å². The Morgan fingerprint density at radius 2 is 1.78 bits per heavy atom. The number of para-hydroxylation sites is 2. The van der Waals surface area contributed by atoms with Gasteiger partial charge in [0.2, 0.25) is 23.6 Å². The van der Waals surface area contributed by atoms with Crippen LogP contribution in [0.3, 0.4) is 0 Å². The number of hydrogen-bond acceptors (Lipinski definition) is 7. The minimum atomic E-state index is -0.709. The largest absolute Gasteiger partial charge is 0.368 e. The second-order valence-corrected chi connectivity index (χ2v) is 11.2. The number of aromatic nitrogens is 3. The number of amides is 4. The Hall–Kier alpha value is -5.68. The van der Waals surface area contributed by atoms with Crippen molar-refractivity contribution >= 4 is 45.4 Å². The van der Waals surface area contributed by atoms with Gasteiger partial charge in [-0.05, 0) is 36.6 Å². The third-order valence-electron chi connectivity index (χ3n) is 7.89. The number of H-pyrrole nitrogens is 2. The molecule has 0 radical (unpaired) electrons. The van der Waals surface area contributed by atoms with E-state index in [4.69, 9.17) is 12.2 Å². The second kappa shape index (κ2) is 14.0. The van der Waals surface area contributed by atoms with Crippen LogP contribution in [0.25, 0.3) is 21.8 Å². The molecule has 1 aliphatic rings. The summed E-state index contributed by atoms with van der Waals surface area (Å²) < 4.78 is 0.832. The van der Waals surface area contributed by atoms with Crippen LogP contribution in [0.15, 0.2) is 64.3 Å². The molecule has 1 fully saturated rings. The number of benzene rings is 2. The van der Waals surface area contributed by atoms with E-state index in [9.17, 15) is 28.8 Å². The molecule has 46 heavy (non-hydrogen) atoms. The fraction of sp³-hybridized carbons (Fsp3) is 0.312. The van der Waals surface area contributed by atoms with Gasteiger partial charge in [0.05, 0.1) is 23.5 Å². The summed E-state index contributed by atoms with van der Waals surface area (Å²) in [5.74, 6) is 0.272. The van der Waals surface area contributed by atoms with Crippen molar-refractivity contribution in [2.45, 2.75) is 43.9 Å². The van der Waals surface area contributed by atoms with Crippen molar-refractivity contribution in [2.75, 3.05) is 19.6 Å². The normalized spacial score (nSPS) is 16.5. The molecule has 4 amide bonds. The monoisotopic (exact) mass is 626 g/mol. The minimum Gasteiger partial charge on any atom is -0.368 e. The summed E-state index contributed by atoms with van der Waals surface area (Å²) in [6, 6.07) is 12.4. The van der Waals surface area contributed by atoms with E-state index in [1.807, 2.05) is 30.5 Å². The number of nitrogens with one attached hydrogen (secondary N) is 5. The van der Waals surface area contributed by atoms with Crippen molar-refractivity contribution in [1.29, 1.82) is 0 Å². The van der Waals surface area contributed by atoms with Crippen LogP contribution in [0.1, 0.15) is 18.4 Å². The van der Waals surface area contributed by atoms with Crippen LogP contribution in [0.5, 0.6) is 0 Å². The quantitative estimate of drug-likeness (QED) is 0.109. The smallest absolute Gasteiger partial charge is 0.329 e. The lowest BCUT2D eigenvalue weighted by molar-refractivity contribution is -0.135. The number of primary amides is 1. The van der Waals surface area contributed by atoms with Gasteiger partial charge in [0.15, 0.2) is 0 Å². The molecule has 3 heterocycles. The molecule has 0 bridgehead atoms. The van der Waals surface area contributed by atoms with Crippen molar-refractivity contribution in [1.82, 2.24) is 35.4 Å². The minimum absolute atomic E-state index is 0.113. The number of carbonyl (C=O) groups is 4. The molecule has 3 atom stereocenters. The zero-order valence-electron chi connectivity index (χ0n) is 24.9. The Labute approximate surface area is 262 Å². The Bertz CT molecular complexity index is 1950. The van der Waals surface area contributed by atoms with Gasteiger partial charge in [-0.2, -0.15) is 0 Å². The Balaban J connectivity index is 1.24. The molecule has 14 heteroatoms. The van der Waals surface area contributed by atoms with E-state index >= 15 is 0 Å². The molecule has 7 N–H and O–H groups in total. The molecular formula is C32H34N8O6. The number of terminal acetylenes is 1. The highest BCUT2D eigenvalue weighted by Gasteiger charge is 2.32. The summed E-state index contributed by atoms with van der Waals surface area (Å²) in [7, 11) is 0. The Morgan fingerprint density at radius 3 is 2.52 bits per heavy atom. The first-order chi connectivity index (χ1) is 22.1. The van der Waals surface area contributed by atoms with Crippen molar-refractivity contribution in [3.05, 3.63) is 81.1 Å². The van der Waals surface area contributed by atoms with Crippen molar-refractivity contribution in [2.24, 2.45) is 5.73 Å². The van der Waals surface area contributed by atoms with Gasteiger partial charge in [-0.15, -0.1) is 6.42 Å². The Kier molecular flexibility index (Phi) is 9.63. The van der Waals surface area contributed by atoms with Gasteiger partial charge >= 0.3 is 5.69 Å². The van der Waals surface area contributed by atoms with Crippen LogP contribution in [-0.2, 0) is 32.1 Å². The number of nitrogens with two attached hydrogens (primary N) is 1. The highest BCUT2D eigenvalue weighted by atomic mass is 16.2. The molecule has 1 saturated heterocycles. The van der Waals surface area contributed by atoms with Crippen molar-refractivity contribution in [3.63, 3.8) is 0 Å². The lowest BCUT2D eigenvalue weighted by atomic mass is 10.0. The number of aromatic amines is 2. The standard InChI is InChI=1S/C32H34N8O6/c1-2-11-39(17-27(33)41)29(43)14-20(12-19-15-34-24-9-5-3-7-22(19)24)37-30(44)26-13-21(16-35-26)36-28(42)18-40-31(45)23-8-4-6-10-25(23)38-32(40)46/h1,3-10,15,20-21,26,34-35H,11-14,16-18H2,(H2,33,41)(H,36,42)(H,37,44)(H,38,46)/t20-,21?,26-/m1/s1. The molecule has 0 saturated carbocycles. The van der Waals surface area contributed by atoms with E-state index in [1.54, 1.807) is 24.3 Å². The lowest BCUT2D eigenvalue weighted by Crippen LogP contribution is -2.48. The fourth-order valence-electron chi connectivity index (χ4n) is 5.72. The average molecular weight is 627 g/mol. The first-order valence-electron chi connectivity index (χ1n) is 14.7. The third-order valence-corrected chi connectivity index (χ3v) is 7.89. The van der Waals surface area contributed by atoms with Crippen LogP contribution < -0.4 is 32.9 Å². The molecule has 4 aromatic rings. The van der Waals surface area contributed by atoms with Crippen LogP contribution in [0, 0.1) is 12.3 Å².